The normalized spacial score (nSPS) is 14.6. The number of carbonyl (C=O) groups is 2. The van der Waals surface area contributed by atoms with Crippen LogP contribution in [0.25, 0.3) is 11.0 Å². The lowest BCUT2D eigenvalue weighted by Crippen LogP contribution is -2.32. The van der Waals surface area contributed by atoms with E-state index in [-0.39, 0.29) is 11.8 Å². The summed E-state index contributed by atoms with van der Waals surface area (Å²) in [5, 5.41) is 13.2. The fourth-order valence-corrected chi connectivity index (χ4v) is 2.49. The number of benzene rings is 1. The summed E-state index contributed by atoms with van der Waals surface area (Å²) in [6.45, 7) is 2.04. The molecule has 0 atom stereocenters. The van der Waals surface area contributed by atoms with Crippen LogP contribution in [0.3, 0.4) is 0 Å². The van der Waals surface area contributed by atoms with Gasteiger partial charge in [0.15, 0.2) is 0 Å². The molecule has 1 aliphatic rings. The Kier molecular flexibility index (Phi) is 3.81. The third kappa shape index (κ3) is 3.01. The molecule has 3 rings (SSSR count). The second-order valence-electron chi connectivity index (χ2n) is 5.12. The lowest BCUT2D eigenvalue weighted by molar-refractivity contribution is -0.129. The predicted molar refractivity (Wildman–Crippen MR) is 76.7 cm³/mol. The fraction of sp³-hybridized carbons (Fsp3) is 0.429. The first-order chi connectivity index (χ1) is 10.2. The minimum atomic E-state index is -0.200. The summed E-state index contributed by atoms with van der Waals surface area (Å²) in [5.41, 5.74) is 1.89. The monoisotopic (exact) mass is 287 g/mol. The molecule has 0 unspecified atom stereocenters. The summed E-state index contributed by atoms with van der Waals surface area (Å²) < 4.78 is 0. The van der Waals surface area contributed by atoms with E-state index in [1.165, 1.54) is 0 Å². The fourth-order valence-electron chi connectivity index (χ4n) is 2.49. The van der Waals surface area contributed by atoms with Crippen molar-refractivity contribution in [3.8, 4) is 0 Å². The number of hydrogen-bond donors (Lipinski definition) is 2. The molecule has 0 saturated carbocycles. The molecule has 1 aromatic heterocycles. The van der Waals surface area contributed by atoms with Crippen LogP contribution in [0.4, 0.5) is 0 Å². The number of likely N-dealkylation sites (tertiary alicyclic amines) is 1. The molecule has 2 N–H and O–H groups in total. The Bertz CT molecular complexity index is 660. The van der Waals surface area contributed by atoms with Crippen molar-refractivity contribution in [3.63, 3.8) is 0 Å². The molecule has 0 bridgehead atoms. The number of nitrogens with one attached hydrogen (secondary N) is 2. The van der Waals surface area contributed by atoms with Gasteiger partial charge in [0.2, 0.25) is 5.91 Å². The lowest BCUT2D eigenvalue weighted by atomic mass is 10.2. The molecule has 0 spiro atoms. The topological polar surface area (TPSA) is 91.0 Å². The zero-order valence-corrected chi connectivity index (χ0v) is 11.6. The van der Waals surface area contributed by atoms with Crippen molar-refractivity contribution < 1.29 is 9.59 Å². The molecule has 2 amide bonds. The number of rotatable bonds is 4. The number of nitrogens with zero attached hydrogens (tertiary/aromatic N) is 3. The van der Waals surface area contributed by atoms with Crippen LogP contribution in [0.1, 0.15) is 29.6 Å². The van der Waals surface area contributed by atoms with Gasteiger partial charge >= 0.3 is 0 Å². The molecule has 1 aliphatic heterocycles. The van der Waals surface area contributed by atoms with Gasteiger partial charge in [0.25, 0.3) is 5.91 Å². The van der Waals surface area contributed by atoms with Crippen LogP contribution >= 0.6 is 0 Å². The van der Waals surface area contributed by atoms with Gasteiger partial charge in [-0.3, -0.25) is 9.59 Å². The Labute approximate surface area is 121 Å². The second-order valence-corrected chi connectivity index (χ2v) is 5.12. The Morgan fingerprint density at radius 3 is 2.76 bits per heavy atom. The zero-order valence-electron chi connectivity index (χ0n) is 11.6. The first-order valence-corrected chi connectivity index (χ1v) is 7.10. The van der Waals surface area contributed by atoms with Crippen molar-refractivity contribution in [2.24, 2.45) is 0 Å². The van der Waals surface area contributed by atoms with E-state index in [2.05, 4.69) is 20.7 Å². The van der Waals surface area contributed by atoms with Gasteiger partial charge < -0.3 is 10.2 Å². The number of fused-ring (bicyclic) bond motifs is 1. The molecule has 2 aromatic rings. The largest absolute Gasteiger partial charge is 0.352 e. The quantitative estimate of drug-likeness (QED) is 0.866. The molecule has 0 aliphatic carbocycles. The molecule has 21 heavy (non-hydrogen) atoms. The highest BCUT2D eigenvalue weighted by Gasteiger charge is 2.17. The van der Waals surface area contributed by atoms with E-state index >= 15 is 0 Å². The van der Waals surface area contributed by atoms with Crippen LogP contribution in [0.15, 0.2) is 18.2 Å². The maximum atomic E-state index is 12.0. The zero-order chi connectivity index (χ0) is 14.7. The molecule has 7 heteroatoms. The Balaban J connectivity index is 1.52. The van der Waals surface area contributed by atoms with Crippen molar-refractivity contribution >= 4 is 22.8 Å². The van der Waals surface area contributed by atoms with Crippen molar-refractivity contribution in [1.29, 1.82) is 0 Å². The van der Waals surface area contributed by atoms with E-state index in [4.69, 9.17) is 0 Å². The van der Waals surface area contributed by atoms with Crippen LogP contribution in [0, 0.1) is 0 Å². The Morgan fingerprint density at radius 1 is 1.19 bits per heavy atom. The minimum absolute atomic E-state index is 0.111. The van der Waals surface area contributed by atoms with Crippen LogP contribution in [0.2, 0.25) is 0 Å². The van der Waals surface area contributed by atoms with E-state index in [0.29, 0.717) is 24.0 Å². The molecule has 1 aromatic carbocycles. The number of amides is 2. The summed E-state index contributed by atoms with van der Waals surface area (Å²) in [6.07, 6.45) is 2.50. The van der Waals surface area contributed by atoms with E-state index in [9.17, 15) is 9.59 Å². The van der Waals surface area contributed by atoms with Gasteiger partial charge in [-0.25, -0.2) is 0 Å². The van der Waals surface area contributed by atoms with E-state index in [0.717, 1.165) is 31.4 Å². The number of aromatic nitrogens is 3. The van der Waals surface area contributed by atoms with E-state index < -0.39 is 0 Å². The molecule has 0 radical (unpaired) electrons. The van der Waals surface area contributed by atoms with Gasteiger partial charge in [0.1, 0.15) is 11.0 Å². The maximum Gasteiger partial charge on any atom is 0.251 e. The van der Waals surface area contributed by atoms with Crippen LogP contribution in [-0.4, -0.2) is 51.8 Å². The SMILES string of the molecule is O=C(NCCC(=O)N1CCCC1)c1ccc2n[nH]nc2c1. The van der Waals surface area contributed by atoms with Crippen LogP contribution in [0.5, 0.6) is 0 Å². The van der Waals surface area contributed by atoms with Crippen LogP contribution < -0.4 is 5.32 Å². The molecule has 7 nitrogen and oxygen atoms in total. The number of H-pyrrole nitrogens is 1. The second kappa shape index (κ2) is 5.90. The third-order valence-electron chi connectivity index (χ3n) is 3.66. The molecule has 2 heterocycles. The lowest BCUT2D eigenvalue weighted by Gasteiger charge is -2.15. The molecular formula is C14H17N5O2. The summed E-state index contributed by atoms with van der Waals surface area (Å²) in [6, 6.07) is 5.11. The Hall–Kier alpha value is -2.44. The van der Waals surface area contributed by atoms with Gasteiger partial charge in [0.05, 0.1) is 0 Å². The highest BCUT2D eigenvalue weighted by atomic mass is 16.2. The summed E-state index contributed by atoms with van der Waals surface area (Å²) in [4.78, 5) is 25.7. The van der Waals surface area contributed by atoms with Crippen molar-refractivity contribution in [1.82, 2.24) is 25.6 Å². The average molecular weight is 287 g/mol. The van der Waals surface area contributed by atoms with Crippen molar-refractivity contribution in [2.45, 2.75) is 19.3 Å². The maximum absolute atomic E-state index is 12.0. The average Bonchev–Trinajstić information content (AvgIpc) is 3.17. The third-order valence-corrected chi connectivity index (χ3v) is 3.66. The standard InChI is InChI=1S/C14H17N5O2/c20-13(19-7-1-2-8-19)5-6-15-14(21)10-3-4-11-12(9-10)17-18-16-11/h3-4,9H,1-2,5-8H2,(H,15,21)(H,16,17,18). The summed E-state index contributed by atoms with van der Waals surface area (Å²) in [7, 11) is 0. The van der Waals surface area contributed by atoms with Gasteiger partial charge in [-0.2, -0.15) is 15.4 Å². The van der Waals surface area contributed by atoms with Crippen molar-refractivity contribution in [2.75, 3.05) is 19.6 Å². The first-order valence-electron chi connectivity index (χ1n) is 7.10. The predicted octanol–water partition coefficient (Wildman–Crippen LogP) is 0.700. The number of hydrogen-bond acceptors (Lipinski definition) is 4. The minimum Gasteiger partial charge on any atom is -0.352 e. The summed E-state index contributed by atoms with van der Waals surface area (Å²) >= 11 is 0. The number of aromatic amines is 1. The van der Waals surface area contributed by atoms with Crippen molar-refractivity contribution in [3.05, 3.63) is 23.8 Å². The number of carbonyl (C=O) groups excluding carboxylic acids is 2. The van der Waals surface area contributed by atoms with Gasteiger partial charge in [-0.1, -0.05) is 0 Å². The highest BCUT2D eigenvalue weighted by Crippen LogP contribution is 2.11. The molecule has 1 saturated heterocycles. The van der Waals surface area contributed by atoms with E-state index in [1.807, 2.05) is 4.90 Å². The van der Waals surface area contributed by atoms with Gasteiger partial charge in [0, 0.05) is 31.6 Å². The molecule has 110 valence electrons. The smallest absolute Gasteiger partial charge is 0.251 e. The van der Waals surface area contributed by atoms with Gasteiger partial charge in [-0.05, 0) is 31.0 Å². The molecular weight excluding hydrogens is 270 g/mol. The molecule has 1 fully saturated rings. The Morgan fingerprint density at radius 2 is 1.95 bits per heavy atom. The van der Waals surface area contributed by atoms with Crippen LogP contribution in [-0.2, 0) is 4.79 Å². The van der Waals surface area contributed by atoms with E-state index in [1.54, 1.807) is 18.2 Å². The van der Waals surface area contributed by atoms with Gasteiger partial charge in [-0.15, -0.1) is 0 Å². The summed E-state index contributed by atoms with van der Waals surface area (Å²) in [5.74, 6) is -0.0890. The highest BCUT2D eigenvalue weighted by molar-refractivity contribution is 5.97. The first kappa shape index (κ1) is 13.5.